The number of nitrogens with one attached hydrogen (secondary N) is 2. The van der Waals surface area contributed by atoms with Gasteiger partial charge in [-0.15, -0.1) is 0 Å². The number of carbonyl (C=O) groups excluding carboxylic acids is 2. The van der Waals surface area contributed by atoms with Crippen molar-refractivity contribution in [2.75, 3.05) is 10.6 Å². The molecule has 0 saturated carbocycles. The lowest BCUT2D eigenvalue weighted by atomic mass is 10.1. The van der Waals surface area contributed by atoms with Crippen molar-refractivity contribution in [2.45, 2.75) is 13.8 Å². The van der Waals surface area contributed by atoms with Crippen molar-refractivity contribution >= 4 is 34.8 Å². The lowest BCUT2D eigenvalue weighted by Crippen LogP contribution is -2.14. The van der Waals surface area contributed by atoms with E-state index >= 15 is 0 Å². The average Bonchev–Trinajstić information content (AvgIpc) is 3.24. The summed E-state index contributed by atoms with van der Waals surface area (Å²) in [5, 5.41) is 15.2. The molecule has 0 unspecified atom stereocenters. The first-order chi connectivity index (χ1) is 12.9. The van der Waals surface area contributed by atoms with Gasteiger partial charge < -0.3 is 15.1 Å². The van der Waals surface area contributed by atoms with Crippen LogP contribution in [0, 0.1) is 18.3 Å². The standard InChI is InChI=1S/C19H15ClN4O3/c1-11-17(14(10-21)19(27-11)24-7-3-4-8-24)18(26)23-13-5-6-15(20)16(9-13)22-12(2)25/h3-9H,1-2H3,(H,22,25)(H,23,26). The van der Waals surface area contributed by atoms with Gasteiger partial charge in [0.15, 0.2) is 0 Å². The second kappa shape index (κ2) is 7.40. The molecule has 0 aliphatic carbocycles. The van der Waals surface area contributed by atoms with Gasteiger partial charge in [0.1, 0.15) is 23.0 Å². The number of nitriles is 1. The van der Waals surface area contributed by atoms with Crippen LogP contribution in [0.2, 0.25) is 5.02 Å². The molecular weight excluding hydrogens is 368 g/mol. The summed E-state index contributed by atoms with van der Waals surface area (Å²) in [6.45, 7) is 2.98. The first-order valence-corrected chi connectivity index (χ1v) is 8.34. The van der Waals surface area contributed by atoms with E-state index in [0.717, 1.165) is 0 Å². The van der Waals surface area contributed by atoms with Gasteiger partial charge >= 0.3 is 0 Å². The van der Waals surface area contributed by atoms with Gasteiger partial charge in [-0.25, -0.2) is 0 Å². The van der Waals surface area contributed by atoms with Crippen molar-refractivity contribution in [1.82, 2.24) is 4.57 Å². The second-order valence-corrected chi connectivity index (χ2v) is 6.15. The van der Waals surface area contributed by atoms with Gasteiger partial charge in [0, 0.05) is 25.0 Å². The van der Waals surface area contributed by atoms with Gasteiger partial charge in [-0.2, -0.15) is 5.26 Å². The summed E-state index contributed by atoms with van der Waals surface area (Å²) in [6, 6.07) is 10.3. The number of halogens is 1. The van der Waals surface area contributed by atoms with E-state index in [4.69, 9.17) is 16.0 Å². The van der Waals surface area contributed by atoms with Crippen molar-refractivity contribution in [3.63, 3.8) is 0 Å². The Morgan fingerprint density at radius 3 is 2.56 bits per heavy atom. The minimum Gasteiger partial charge on any atom is -0.443 e. The molecule has 3 rings (SSSR count). The smallest absolute Gasteiger partial charge is 0.260 e. The van der Waals surface area contributed by atoms with E-state index in [0.29, 0.717) is 22.2 Å². The number of furan rings is 1. The molecule has 0 spiro atoms. The zero-order valence-corrected chi connectivity index (χ0v) is 15.3. The highest BCUT2D eigenvalue weighted by atomic mass is 35.5. The van der Waals surface area contributed by atoms with Crippen molar-refractivity contribution < 1.29 is 14.0 Å². The summed E-state index contributed by atoms with van der Waals surface area (Å²) >= 11 is 6.04. The largest absolute Gasteiger partial charge is 0.443 e. The fraction of sp³-hybridized carbons (Fsp3) is 0.105. The fourth-order valence-corrected chi connectivity index (χ4v) is 2.81. The van der Waals surface area contributed by atoms with Crippen molar-refractivity contribution in [2.24, 2.45) is 0 Å². The number of aryl methyl sites for hydroxylation is 1. The van der Waals surface area contributed by atoms with Crippen LogP contribution >= 0.6 is 11.6 Å². The lowest BCUT2D eigenvalue weighted by Gasteiger charge is -2.09. The molecule has 1 aromatic carbocycles. The van der Waals surface area contributed by atoms with Crippen molar-refractivity contribution in [3.05, 3.63) is 64.6 Å². The van der Waals surface area contributed by atoms with E-state index in [2.05, 4.69) is 10.6 Å². The zero-order valence-electron chi connectivity index (χ0n) is 14.5. The predicted molar refractivity (Wildman–Crippen MR) is 101 cm³/mol. The maximum absolute atomic E-state index is 12.8. The molecule has 2 aromatic heterocycles. The molecule has 0 atom stereocenters. The highest BCUT2D eigenvalue weighted by molar-refractivity contribution is 6.33. The maximum atomic E-state index is 12.8. The molecule has 3 aromatic rings. The number of aromatic nitrogens is 1. The Hall–Kier alpha value is -3.50. The molecule has 7 nitrogen and oxygen atoms in total. The Morgan fingerprint density at radius 2 is 1.93 bits per heavy atom. The molecule has 0 aliphatic rings. The monoisotopic (exact) mass is 382 g/mol. The predicted octanol–water partition coefficient (Wildman–Crippen LogP) is 4.11. The molecule has 2 N–H and O–H groups in total. The van der Waals surface area contributed by atoms with Crippen LogP contribution in [0.3, 0.4) is 0 Å². The van der Waals surface area contributed by atoms with E-state index in [1.165, 1.54) is 13.0 Å². The molecule has 2 heterocycles. The number of amides is 2. The van der Waals surface area contributed by atoms with E-state index < -0.39 is 5.91 Å². The van der Waals surface area contributed by atoms with Crippen LogP contribution in [0.4, 0.5) is 11.4 Å². The minimum absolute atomic E-state index is 0.136. The van der Waals surface area contributed by atoms with Gasteiger partial charge in [0.2, 0.25) is 11.8 Å². The molecule has 0 aliphatic heterocycles. The van der Waals surface area contributed by atoms with Gasteiger partial charge in [-0.05, 0) is 37.3 Å². The molecular formula is C19H15ClN4O3. The van der Waals surface area contributed by atoms with Crippen LogP contribution < -0.4 is 10.6 Å². The van der Waals surface area contributed by atoms with Gasteiger partial charge in [-0.1, -0.05) is 11.6 Å². The highest BCUT2D eigenvalue weighted by Gasteiger charge is 2.24. The van der Waals surface area contributed by atoms with E-state index in [-0.39, 0.29) is 22.9 Å². The third kappa shape index (κ3) is 3.71. The first-order valence-electron chi connectivity index (χ1n) is 7.96. The van der Waals surface area contributed by atoms with Crippen LogP contribution in [0.1, 0.15) is 28.6 Å². The first kappa shape index (κ1) is 18.3. The van der Waals surface area contributed by atoms with Gasteiger partial charge in [0.05, 0.1) is 10.7 Å². The summed E-state index contributed by atoms with van der Waals surface area (Å²) in [5.74, 6) is -0.180. The van der Waals surface area contributed by atoms with Crippen LogP contribution in [-0.4, -0.2) is 16.4 Å². The van der Waals surface area contributed by atoms with Crippen molar-refractivity contribution in [1.29, 1.82) is 5.26 Å². The summed E-state index contributed by atoms with van der Waals surface area (Å²) in [7, 11) is 0. The third-order valence-electron chi connectivity index (χ3n) is 3.78. The lowest BCUT2D eigenvalue weighted by molar-refractivity contribution is -0.114. The van der Waals surface area contributed by atoms with Crippen LogP contribution in [0.5, 0.6) is 0 Å². The summed E-state index contributed by atoms with van der Waals surface area (Å²) in [5.41, 5.74) is 1.08. The highest BCUT2D eigenvalue weighted by Crippen LogP contribution is 2.28. The van der Waals surface area contributed by atoms with E-state index in [9.17, 15) is 14.9 Å². The van der Waals surface area contributed by atoms with E-state index in [1.807, 2.05) is 6.07 Å². The summed E-state index contributed by atoms with van der Waals surface area (Å²) in [6.07, 6.45) is 3.44. The number of nitrogens with zero attached hydrogens (tertiary/aromatic N) is 2. The molecule has 0 saturated heterocycles. The van der Waals surface area contributed by atoms with Crippen LogP contribution in [0.25, 0.3) is 5.88 Å². The number of benzene rings is 1. The molecule has 8 heteroatoms. The van der Waals surface area contributed by atoms with E-state index in [1.54, 1.807) is 48.1 Å². The molecule has 0 radical (unpaired) electrons. The van der Waals surface area contributed by atoms with Crippen LogP contribution in [-0.2, 0) is 4.79 Å². The third-order valence-corrected chi connectivity index (χ3v) is 4.11. The Kier molecular flexibility index (Phi) is 5.01. The minimum atomic E-state index is -0.498. The summed E-state index contributed by atoms with van der Waals surface area (Å²) in [4.78, 5) is 24.0. The number of anilines is 2. The molecule has 136 valence electrons. The zero-order chi connectivity index (χ0) is 19.6. The Bertz CT molecular complexity index is 1060. The number of rotatable bonds is 4. The Labute approximate surface area is 160 Å². The number of hydrogen-bond acceptors (Lipinski definition) is 4. The van der Waals surface area contributed by atoms with Gasteiger partial charge in [0.25, 0.3) is 5.91 Å². The Morgan fingerprint density at radius 1 is 1.22 bits per heavy atom. The molecule has 0 bridgehead atoms. The fourth-order valence-electron chi connectivity index (χ4n) is 2.64. The van der Waals surface area contributed by atoms with Crippen molar-refractivity contribution in [3.8, 4) is 12.0 Å². The average molecular weight is 383 g/mol. The quantitative estimate of drug-likeness (QED) is 0.708. The summed E-state index contributed by atoms with van der Waals surface area (Å²) < 4.78 is 7.26. The maximum Gasteiger partial charge on any atom is 0.260 e. The normalized spacial score (nSPS) is 10.3. The van der Waals surface area contributed by atoms with Crippen LogP contribution in [0.15, 0.2) is 47.1 Å². The number of carbonyl (C=O) groups is 2. The molecule has 27 heavy (non-hydrogen) atoms. The number of hydrogen-bond donors (Lipinski definition) is 2. The van der Waals surface area contributed by atoms with Gasteiger partial charge in [-0.3, -0.25) is 14.2 Å². The Balaban J connectivity index is 1.94. The molecule has 0 fully saturated rings. The molecule has 2 amide bonds. The SMILES string of the molecule is CC(=O)Nc1cc(NC(=O)c2c(C)oc(-n3cccc3)c2C#N)ccc1Cl. The second-order valence-electron chi connectivity index (χ2n) is 5.75. The topological polar surface area (TPSA) is 100 Å².